The molecular formula is C5H11NOS. The van der Waals surface area contributed by atoms with E-state index in [0.717, 1.165) is 0 Å². The lowest BCUT2D eigenvalue weighted by Gasteiger charge is -2.08. The molecule has 48 valence electrons. The van der Waals surface area contributed by atoms with Crippen molar-refractivity contribution in [3.8, 4) is 0 Å². The zero-order chi connectivity index (χ0) is 6.57. The Balaban J connectivity index is 3.25. The molecule has 0 rings (SSSR count). The van der Waals surface area contributed by atoms with E-state index in [1.807, 2.05) is 13.8 Å². The topological polar surface area (TPSA) is 21.3 Å². The highest BCUT2D eigenvalue weighted by molar-refractivity contribution is 7.80. The number of hydrogen-bond donors (Lipinski definition) is 1. The molecule has 0 saturated heterocycles. The van der Waals surface area contributed by atoms with Gasteiger partial charge in [0, 0.05) is 7.05 Å². The fraction of sp³-hybridized carbons (Fsp3) is 0.800. The summed E-state index contributed by atoms with van der Waals surface area (Å²) in [5.74, 6) is 0. The van der Waals surface area contributed by atoms with Gasteiger partial charge in [0.1, 0.15) is 0 Å². The number of rotatable bonds is 1. The van der Waals surface area contributed by atoms with Gasteiger partial charge in [0.2, 0.25) is 0 Å². The maximum Gasteiger partial charge on any atom is 0.256 e. The first-order chi connectivity index (χ1) is 3.66. The Morgan fingerprint density at radius 1 is 1.62 bits per heavy atom. The van der Waals surface area contributed by atoms with Gasteiger partial charge < -0.3 is 10.1 Å². The molecule has 0 aromatic rings. The Hall–Kier alpha value is -0.310. The molecule has 8 heavy (non-hydrogen) atoms. The second-order valence-electron chi connectivity index (χ2n) is 1.70. The Labute approximate surface area is 55.2 Å². The monoisotopic (exact) mass is 133 g/mol. The molecule has 3 heteroatoms. The van der Waals surface area contributed by atoms with Crippen molar-refractivity contribution in [2.24, 2.45) is 0 Å². The molecule has 0 aromatic carbocycles. The zero-order valence-electron chi connectivity index (χ0n) is 5.39. The maximum absolute atomic E-state index is 5.02. The van der Waals surface area contributed by atoms with Gasteiger partial charge in [0.15, 0.2) is 0 Å². The molecule has 0 radical (unpaired) electrons. The van der Waals surface area contributed by atoms with E-state index in [0.29, 0.717) is 5.17 Å². The summed E-state index contributed by atoms with van der Waals surface area (Å²) in [5.41, 5.74) is 0. The fourth-order valence-electron chi connectivity index (χ4n) is 0.273. The van der Waals surface area contributed by atoms with Crippen LogP contribution in [-0.4, -0.2) is 18.3 Å². The molecule has 1 N–H and O–H groups in total. The fourth-order valence-corrected chi connectivity index (χ4v) is 0.465. The van der Waals surface area contributed by atoms with Crippen LogP contribution in [0.5, 0.6) is 0 Å². The standard InChI is InChI=1S/C5H11NOS/c1-4(2)7-5(8)6-3/h4H,1-3H3,(H,6,8). The predicted molar refractivity (Wildman–Crippen MR) is 37.9 cm³/mol. The summed E-state index contributed by atoms with van der Waals surface area (Å²) < 4.78 is 5.02. The molecule has 0 atom stereocenters. The van der Waals surface area contributed by atoms with Crippen molar-refractivity contribution in [1.82, 2.24) is 5.32 Å². The van der Waals surface area contributed by atoms with Crippen LogP contribution >= 0.6 is 12.2 Å². The molecule has 0 spiro atoms. The Morgan fingerprint density at radius 2 is 2.12 bits per heavy atom. The van der Waals surface area contributed by atoms with Crippen molar-refractivity contribution in [3.05, 3.63) is 0 Å². The lowest BCUT2D eigenvalue weighted by Crippen LogP contribution is -2.22. The first kappa shape index (κ1) is 7.69. The summed E-state index contributed by atoms with van der Waals surface area (Å²) in [4.78, 5) is 0. The summed E-state index contributed by atoms with van der Waals surface area (Å²) in [6.07, 6.45) is 0.176. The molecule has 0 heterocycles. The minimum Gasteiger partial charge on any atom is -0.468 e. The number of thiocarbonyl (C=S) groups is 1. The van der Waals surface area contributed by atoms with Gasteiger partial charge in [-0.05, 0) is 26.1 Å². The average Bonchev–Trinajstić information content (AvgIpc) is 1.65. The second-order valence-corrected chi connectivity index (χ2v) is 2.07. The summed E-state index contributed by atoms with van der Waals surface area (Å²) in [5, 5.41) is 3.16. The summed E-state index contributed by atoms with van der Waals surface area (Å²) in [6, 6.07) is 0. The number of ether oxygens (including phenoxy) is 1. The predicted octanol–water partition coefficient (Wildman–Crippen LogP) is 0.916. The van der Waals surface area contributed by atoms with Crippen molar-refractivity contribution < 1.29 is 4.74 Å². The largest absolute Gasteiger partial charge is 0.468 e. The first-order valence-electron chi connectivity index (χ1n) is 2.55. The van der Waals surface area contributed by atoms with Crippen LogP contribution in [0.3, 0.4) is 0 Å². The highest BCUT2D eigenvalue weighted by atomic mass is 32.1. The molecule has 0 amide bonds. The molecule has 0 unspecified atom stereocenters. The van der Waals surface area contributed by atoms with Crippen LogP contribution < -0.4 is 5.32 Å². The second kappa shape index (κ2) is 3.66. The van der Waals surface area contributed by atoms with Crippen LogP contribution in [-0.2, 0) is 4.74 Å². The summed E-state index contributed by atoms with van der Waals surface area (Å²) in [7, 11) is 1.74. The minimum atomic E-state index is 0.176. The highest BCUT2D eigenvalue weighted by Crippen LogP contribution is 1.86. The van der Waals surface area contributed by atoms with Crippen molar-refractivity contribution in [3.63, 3.8) is 0 Å². The molecule has 0 aliphatic rings. The van der Waals surface area contributed by atoms with E-state index in [9.17, 15) is 0 Å². The number of nitrogens with one attached hydrogen (secondary N) is 1. The third-order valence-electron chi connectivity index (χ3n) is 0.547. The van der Waals surface area contributed by atoms with Crippen LogP contribution in [0.2, 0.25) is 0 Å². The Kier molecular flexibility index (Phi) is 3.52. The van der Waals surface area contributed by atoms with E-state index >= 15 is 0 Å². The van der Waals surface area contributed by atoms with Crippen LogP contribution in [0.15, 0.2) is 0 Å². The smallest absolute Gasteiger partial charge is 0.256 e. The summed E-state index contributed by atoms with van der Waals surface area (Å²) in [6.45, 7) is 3.87. The van der Waals surface area contributed by atoms with Crippen LogP contribution in [0.4, 0.5) is 0 Å². The van der Waals surface area contributed by atoms with Gasteiger partial charge >= 0.3 is 0 Å². The van der Waals surface area contributed by atoms with Crippen molar-refractivity contribution in [2.45, 2.75) is 20.0 Å². The first-order valence-corrected chi connectivity index (χ1v) is 2.96. The third kappa shape index (κ3) is 3.87. The molecule has 0 aromatic heterocycles. The van der Waals surface area contributed by atoms with E-state index in [1.54, 1.807) is 7.05 Å². The van der Waals surface area contributed by atoms with Gasteiger partial charge in [-0.1, -0.05) is 0 Å². The van der Waals surface area contributed by atoms with Crippen LogP contribution in [0, 0.1) is 0 Å². The quantitative estimate of drug-likeness (QED) is 0.537. The maximum atomic E-state index is 5.02. The minimum absolute atomic E-state index is 0.176. The average molecular weight is 133 g/mol. The Bertz CT molecular complexity index is 82.5. The van der Waals surface area contributed by atoms with E-state index < -0.39 is 0 Å². The lowest BCUT2D eigenvalue weighted by molar-refractivity contribution is 0.226. The lowest BCUT2D eigenvalue weighted by atomic mass is 10.5. The van der Waals surface area contributed by atoms with Crippen LogP contribution in [0.25, 0.3) is 0 Å². The normalized spacial score (nSPS) is 9.00. The van der Waals surface area contributed by atoms with Gasteiger partial charge in [-0.15, -0.1) is 0 Å². The Morgan fingerprint density at radius 3 is 2.25 bits per heavy atom. The highest BCUT2D eigenvalue weighted by Gasteiger charge is 1.94. The SMILES string of the molecule is CNC(=S)OC(C)C. The van der Waals surface area contributed by atoms with Gasteiger partial charge in [0.05, 0.1) is 6.10 Å². The molecule has 0 bridgehead atoms. The summed E-state index contributed by atoms with van der Waals surface area (Å²) >= 11 is 4.70. The van der Waals surface area contributed by atoms with E-state index in [1.165, 1.54) is 0 Å². The molecule has 0 saturated carbocycles. The van der Waals surface area contributed by atoms with Gasteiger partial charge in [-0.3, -0.25) is 0 Å². The van der Waals surface area contributed by atoms with Gasteiger partial charge in [-0.2, -0.15) is 0 Å². The van der Waals surface area contributed by atoms with Gasteiger partial charge in [-0.25, -0.2) is 0 Å². The molecule has 2 nitrogen and oxygen atoms in total. The van der Waals surface area contributed by atoms with Crippen molar-refractivity contribution >= 4 is 17.4 Å². The molecular weight excluding hydrogens is 122 g/mol. The van der Waals surface area contributed by atoms with E-state index in [4.69, 9.17) is 17.0 Å². The molecule has 0 aliphatic heterocycles. The molecule has 0 fully saturated rings. The molecule has 0 aliphatic carbocycles. The number of hydrogen-bond acceptors (Lipinski definition) is 2. The van der Waals surface area contributed by atoms with E-state index in [2.05, 4.69) is 5.32 Å². The van der Waals surface area contributed by atoms with Gasteiger partial charge in [0.25, 0.3) is 5.17 Å². The van der Waals surface area contributed by atoms with Crippen LogP contribution in [0.1, 0.15) is 13.8 Å². The van der Waals surface area contributed by atoms with E-state index in [-0.39, 0.29) is 6.10 Å². The zero-order valence-corrected chi connectivity index (χ0v) is 6.21. The van der Waals surface area contributed by atoms with Crippen molar-refractivity contribution in [2.75, 3.05) is 7.05 Å². The third-order valence-corrected chi connectivity index (χ3v) is 0.847. The van der Waals surface area contributed by atoms with Crippen molar-refractivity contribution in [1.29, 1.82) is 0 Å².